The van der Waals surface area contributed by atoms with Crippen molar-refractivity contribution in [3.05, 3.63) is 47.0 Å². The number of ether oxygens (including phenoxy) is 4. The fourth-order valence-electron chi connectivity index (χ4n) is 2.09. The predicted molar refractivity (Wildman–Crippen MR) is 98.8 cm³/mol. The van der Waals surface area contributed by atoms with Crippen LogP contribution in [0.2, 0.25) is 5.02 Å². The van der Waals surface area contributed by atoms with E-state index in [0.29, 0.717) is 33.6 Å². The molecule has 2 aromatic carbocycles. The van der Waals surface area contributed by atoms with E-state index in [-0.39, 0.29) is 6.61 Å². The summed E-state index contributed by atoms with van der Waals surface area (Å²) >= 11 is 5.85. The molecule has 0 atom stereocenters. The molecule has 0 saturated carbocycles. The van der Waals surface area contributed by atoms with Crippen molar-refractivity contribution in [1.29, 1.82) is 0 Å². The second-order valence-corrected chi connectivity index (χ2v) is 5.43. The summed E-state index contributed by atoms with van der Waals surface area (Å²) in [4.78, 5) is 11.8. The fourth-order valence-corrected chi connectivity index (χ4v) is 2.27. The van der Waals surface area contributed by atoms with Crippen LogP contribution in [0.4, 0.5) is 0 Å². The number of hydrogen-bond donors (Lipinski definition) is 1. The molecule has 0 bridgehead atoms. The predicted octanol–water partition coefficient (Wildman–Crippen LogP) is 2.89. The van der Waals surface area contributed by atoms with Gasteiger partial charge in [0.1, 0.15) is 5.75 Å². The summed E-state index contributed by atoms with van der Waals surface area (Å²) in [5.74, 6) is 1.55. The van der Waals surface area contributed by atoms with E-state index in [2.05, 4.69) is 10.5 Å². The largest absolute Gasteiger partial charge is 0.493 e. The van der Waals surface area contributed by atoms with Gasteiger partial charge < -0.3 is 18.9 Å². The van der Waals surface area contributed by atoms with Gasteiger partial charge in [0.05, 0.1) is 27.5 Å². The minimum atomic E-state index is -0.409. The first-order valence-corrected chi connectivity index (χ1v) is 7.95. The summed E-state index contributed by atoms with van der Waals surface area (Å²) < 4.78 is 21.1. The van der Waals surface area contributed by atoms with Crippen molar-refractivity contribution in [2.24, 2.45) is 5.10 Å². The Bertz CT molecular complexity index is 770. The minimum absolute atomic E-state index is 0.188. The molecule has 2 rings (SSSR count). The molecule has 0 aliphatic rings. The standard InChI is InChI=1S/C18H19ClN2O5/c1-23-15-7-12(8-16(24-2)18(15)25-3)10-20-21-17(22)11-26-14-6-4-5-13(19)9-14/h4-10H,11H2,1-3H3,(H,21,22)/b20-10-. The van der Waals surface area contributed by atoms with Crippen molar-refractivity contribution in [2.45, 2.75) is 0 Å². The van der Waals surface area contributed by atoms with E-state index >= 15 is 0 Å². The molecule has 0 spiro atoms. The number of benzene rings is 2. The number of amides is 1. The van der Waals surface area contributed by atoms with Crippen LogP contribution in [-0.2, 0) is 4.79 Å². The van der Waals surface area contributed by atoms with E-state index in [4.69, 9.17) is 30.5 Å². The first-order chi connectivity index (χ1) is 12.6. The van der Waals surface area contributed by atoms with Crippen LogP contribution in [0.3, 0.4) is 0 Å². The highest BCUT2D eigenvalue weighted by molar-refractivity contribution is 6.30. The number of rotatable bonds is 8. The number of methoxy groups -OCH3 is 3. The molecule has 0 saturated heterocycles. The van der Waals surface area contributed by atoms with Gasteiger partial charge in [-0.1, -0.05) is 17.7 Å². The van der Waals surface area contributed by atoms with Crippen molar-refractivity contribution < 1.29 is 23.7 Å². The molecule has 2 aromatic rings. The van der Waals surface area contributed by atoms with Gasteiger partial charge in [-0.15, -0.1) is 0 Å². The number of hydrogen-bond acceptors (Lipinski definition) is 6. The first-order valence-electron chi connectivity index (χ1n) is 7.57. The Morgan fingerprint density at radius 2 is 1.81 bits per heavy atom. The van der Waals surface area contributed by atoms with Crippen LogP contribution in [0.25, 0.3) is 0 Å². The zero-order chi connectivity index (χ0) is 18.9. The third-order valence-electron chi connectivity index (χ3n) is 3.26. The Morgan fingerprint density at radius 1 is 1.12 bits per heavy atom. The summed E-state index contributed by atoms with van der Waals surface area (Å²) in [5, 5.41) is 4.43. The minimum Gasteiger partial charge on any atom is -0.493 e. The molecule has 0 unspecified atom stereocenters. The second kappa shape index (κ2) is 9.53. The monoisotopic (exact) mass is 378 g/mol. The molecule has 0 fully saturated rings. The number of nitrogens with one attached hydrogen (secondary N) is 1. The molecule has 7 nitrogen and oxygen atoms in total. The zero-order valence-corrected chi connectivity index (χ0v) is 15.4. The second-order valence-electron chi connectivity index (χ2n) is 5.00. The smallest absolute Gasteiger partial charge is 0.277 e. The molecule has 0 aromatic heterocycles. The fraction of sp³-hybridized carbons (Fsp3) is 0.222. The Morgan fingerprint density at radius 3 is 2.38 bits per heavy atom. The lowest BCUT2D eigenvalue weighted by Crippen LogP contribution is -2.24. The summed E-state index contributed by atoms with van der Waals surface area (Å²) in [7, 11) is 4.56. The van der Waals surface area contributed by atoms with Gasteiger partial charge in [-0.3, -0.25) is 4.79 Å². The highest BCUT2D eigenvalue weighted by Crippen LogP contribution is 2.37. The molecule has 0 radical (unpaired) electrons. The molecule has 8 heteroatoms. The first kappa shape index (κ1) is 19.4. The lowest BCUT2D eigenvalue weighted by molar-refractivity contribution is -0.123. The van der Waals surface area contributed by atoms with Crippen LogP contribution >= 0.6 is 11.6 Å². The topological polar surface area (TPSA) is 78.4 Å². The maximum absolute atomic E-state index is 11.8. The van der Waals surface area contributed by atoms with Gasteiger partial charge in [0, 0.05) is 10.6 Å². The van der Waals surface area contributed by atoms with Crippen LogP contribution in [0.5, 0.6) is 23.0 Å². The van der Waals surface area contributed by atoms with Gasteiger partial charge in [0.2, 0.25) is 5.75 Å². The SMILES string of the molecule is COc1cc(/C=N\NC(=O)COc2cccc(Cl)c2)cc(OC)c1OC. The number of nitrogens with zero attached hydrogens (tertiary/aromatic N) is 1. The van der Waals surface area contributed by atoms with E-state index in [1.165, 1.54) is 27.5 Å². The van der Waals surface area contributed by atoms with Crippen molar-refractivity contribution in [2.75, 3.05) is 27.9 Å². The van der Waals surface area contributed by atoms with Gasteiger partial charge in [0.15, 0.2) is 18.1 Å². The molecule has 0 heterocycles. The summed E-state index contributed by atoms with van der Waals surface area (Å²) in [6, 6.07) is 10.2. The Kier molecular flexibility index (Phi) is 7.11. The summed E-state index contributed by atoms with van der Waals surface area (Å²) in [6.07, 6.45) is 1.46. The molecule has 1 amide bonds. The van der Waals surface area contributed by atoms with E-state index in [1.807, 2.05) is 0 Å². The van der Waals surface area contributed by atoms with Crippen LogP contribution in [0.15, 0.2) is 41.5 Å². The zero-order valence-electron chi connectivity index (χ0n) is 14.6. The maximum atomic E-state index is 11.8. The average Bonchev–Trinajstić information content (AvgIpc) is 2.65. The number of carbonyl (C=O) groups excluding carboxylic acids is 1. The van der Waals surface area contributed by atoms with Gasteiger partial charge >= 0.3 is 0 Å². The van der Waals surface area contributed by atoms with Crippen molar-refractivity contribution in [1.82, 2.24) is 5.43 Å². The van der Waals surface area contributed by atoms with Crippen molar-refractivity contribution in [3.63, 3.8) is 0 Å². The Labute approximate surface area is 156 Å². The molecule has 0 aliphatic carbocycles. The lowest BCUT2D eigenvalue weighted by atomic mass is 10.2. The molecule has 26 heavy (non-hydrogen) atoms. The average molecular weight is 379 g/mol. The van der Waals surface area contributed by atoms with Gasteiger partial charge in [-0.2, -0.15) is 5.10 Å². The number of carbonyl (C=O) groups is 1. The molecule has 138 valence electrons. The number of hydrazone groups is 1. The van der Waals surface area contributed by atoms with Gasteiger partial charge in [-0.25, -0.2) is 5.43 Å². The van der Waals surface area contributed by atoms with E-state index < -0.39 is 5.91 Å². The molecular weight excluding hydrogens is 360 g/mol. The van der Waals surface area contributed by atoms with E-state index in [9.17, 15) is 4.79 Å². The number of halogens is 1. The highest BCUT2D eigenvalue weighted by Gasteiger charge is 2.12. The third-order valence-corrected chi connectivity index (χ3v) is 3.49. The maximum Gasteiger partial charge on any atom is 0.277 e. The quantitative estimate of drug-likeness (QED) is 0.564. The normalized spacial score (nSPS) is 10.5. The Balaban J connectivity index is 1.96. The van der Waals surface area contributed by atoms with Crippen molar-refractivity contribution >= 4 is 23.7 Å². The molecule has 0 aliphatic heterocycles. The molecule has 1 N–H and O–H groups in total. The Hall–Kier alpha value is -2.93. The van der Waals surface area contributed by atoms with Crippen LogP contribution in [0, 0.1) is 0 Å². The molecular formula is C18H19ClN2O5. The van der Waals surface area contributed by atoms with Crippen LogP contribution in [0.1, 0.15) is 5.56 Å². The van der Waals surface area contributed by atoms with Gasteiger partial charge in [0.25, 0.3) is 5.91 Å². The van der Waals surface area contributed by atoms with Crippen LogP contribution < -0.4 is 24.4 Å². The van der Waals surface area contributed by atoms with Crippen LogP contribution in [-0.4, -0.2) is 40.1 Å². The summed E-state index contributed by atoms with van der Waals surface area (Å²) in [5.41, 5.74) is 3.04. The summed E-state index contributed by atoms with van der Waals surface area (Å²) in [6.45, 7) is -0.188. The van der Waals surface area contributed by atoms with E-state index in [1.54, 1.807) is 36.4 Å². The lowest BCUT2D eigenvalue weighted by Gasteiger charge is -2.12. The highest BCUT2D eigenvalue weighted by atomic mass is 35.5. The van der Waals surface area contributed by atoms with E-state index in [0.717, 1.165) is 0 Å². The third kappa shape index (κ3) is 5.29. The van der Waals surface area contributed by atoms with Gasteiger partial charge in [-0.05, 0) is 30.3 Å². The van der Waals surface area contributed by atoms with Crippen molar-refractivity contribution in [3.8, 4) is 23.0 Å².